The predicted molar refractivity (Wildman–Crippen MR) is 78.5 cm³/mol. The lowest BCUT2D eigenvalue weighted by molar-refractivity contribution is -0.464. The van der Waals surface area contributed by atoms with Gasteiger partial charge in [-0.3, -0.25) is 0 Å². The number of para-hydroxylation sites is 2. The van der Waals surface area contributed by atoms with E-state index < -0.39 is 0 Å². The quantitative estimate of drug-likeness (QED) is 0.788. The molecule has 1 aliphatic heterocycles. The zero-order chi connectivity index (χ0) is 13.9. The molecule has 5 nitrogen and oxygen atoms in total. The van der Waals surface area contributed by atoms with Crippen LogP contribution in [0.4, 0.5) is 0 Å². The fourth-order valence-electron chi connectivity index (χ4n) is 2.56. The lowest BCUT2D eigenvalue weighted by Crippen LogP contribution is -2.24. The maximum Gasteiger partial charge on any atom is 0.286 e. The van der Waals surface area contributed by atoms with E-state index in [2.05, 4.69) is 4.90 Å². The highest BCUT2D eigenvalue weighted by molar-refractivity contribution is 5.73. The molecule has 0 saturated carbocycles. The third kappa shape index (κ3) is 2.39. The van der Waals surface area contributed by atoms with Gasteiger partial charge >= 0.3 is 0 Å². The molecular formula is C15H17N3O2. The summed E-state index contributed by atoms with van der Waals surface area (Å²) in [6, 6.07) is 6.82. The first-order valence-electron chi connectivity index (χ1n) is 6.92. The minimum Gasteiger partial charge on any atom is -0.805 e. The number of piperidine rings is 1. The highest BCUT2D eigenvalue weighted by Gasteiger charge is 2.10. The first-order chi connectivity index (χ1) is 9.75. The Morgan fingerprint density at radius 3 is 2.70 bits per heavy atom. The van der Waals surface area contributed by atoms with Gasteiger partial charge < -0.3 is 14.8 Å². The van der Waals surface area contributed by atoms with Gasteiger partial charge in [-0.2, -0.15) is 0 Å². The van der Waals surface area contributed by atoms with Gasteiger partial charge in [-0.05, 0) is 31.4 Å². The summed E-state index contributed by atoms with van der Waals surface area (Å²) < 4.78 is 1.56. The van der Waals surface area contributed by atoms with Crippen molar-refractivity contribution in [1.82, 2.24) is 9.63 Å². The van der Waals surface area contributed by atoms with Crippen molar-refractivity contribution < 1.29 is 4.43 Å². The molecule has 20 heavy (non-hydrogen) atoms. The molecule has 0 N–H and O–H groups in total. The molecule has 3 rings (SSSR count). The molecule has 0 amide bonds. The summed E-state index contributed by atoms with van der Waals surface area (Å²) in [6.45, 7) is 2.03. The molecular weight excluding hydrogens is 254 g/mol. The van der Waals surface area contributed by atoms with Gasteiger partial charge in [0, 0.05) is 30.3 Å². The Morgan fingerprint density at radius 2 is 1.90 bits per heavy atom. The van der Waals surface area contributed by atoms with Gasteiger partial charge in [0.15, 0.2) is 0 Å². The number of nitrogens with zero attached hydrogens (tertiary/aromatic N) is 3. The zero-order valence-electron chi connectivity index (χ0n) is 11.2. The number of aromatic nitrogens is 2. The van der Waals surface area contributed by atoms with E-state index in [-0.39, 0.29) is 0 Å². The minimum atomic E-state index is 0.365. The molecule has 2 heterocycles. The Labute approximate surface area is 116 Å². The normalized spacial score (nSPS) is 16.1. The Hall–Kier alpha value is -2.30. The van der Waals surface area contributed by atoms with Crippen molar-refractivity contribution in [3.63, 3.8) is 0 Å². The van der Waals surface area contributed by atoms with E-state index in [0.717, 1.165) is 22.2 Å². The van der Waals surface area contributed by atoms with Crippen LogP contribution in [-0.4, -0.2) is 22.7 Å². The monoisotopic (exact) mass is 271 g/mol. The van der Waals surface area contributed by atoms with E-state index >= 15 is 0 Å². The van der Waals surface area contributed by atoms with Crippen molar-refractivity contribution in [1.29, 1.82) is 0 Å². The predicted octanol–water partition coefficient (Wildman–Crippen LogP) is 2.36. The van der Waals surface area contributed by atoms with E-state index in [1.807, 2.05) is 6.20 Å². The highest BCUT2D eigenvalue weighted by Crippen LogP contribution is 2.13. The number of likely N-dealkylation sites (tertiary alicyclic amines) is 1. The SMILES string of the molecule is O=[n+]1cc(/C=C/N2CCCCC2)n([O-])c2ccccc21. The van der Waals surface area contributed by atoms with Crippen molar-refractivity contribution in [2.45, 2.75) is 19.3 Å². The summed E-state index contributed by atoms with van der Waals surface area (Å²) in [5, 5.41) is 12.2. The second kappa shape index (κ2) is 5.36. The smallest absolute Gasteiger partial charge is 0.286 e. The number of hydrogen-bond donors (Lipinski definition) is 0. The van der Waals surface area contributed by atoms with Crippen LogP contribution >= 0.6 is 0 Å². The molecule has 104 valence electrons. The number of hydrogen-bond acceptors (Lipinski definition) is 3. The van der Waals surface area contributed by atoms with Crippen LogP contribution in [-0.2, 0) is 0 Å². The van der Waals surface area contributed by atoms with Crippen LogP contribution in [0.25, 0.3) is 17.1 Å². The fourth-order valence-corrected chi connectivity index (χ4v) is 2.56. The molecule has 1 aromatic heterocycles. The summed E-state index contributed by atoms with van der Waals surface area (Å²) in [6.07, 6.45) is 8.59. The van der Waals surface area contributed by atoms with Gasteiger partial charge in [-0.25, -0.2) is 0 Å². The molecule has 5 heteroatoms. The van der Waals surface area contributed by atoms with Gasteiger partial charge in [0.25, 0.3) is 11.7 Å². The summed E-state index contributed by atoms with van der Waals surface area (Å²) in [5.74, 6) is 0. The molecule has 2 aromatic rings. The van der Waals surface area contributed by atoms with Crippen molar-refractivity contribution in [2.75, 3.05) is 13.1 Å². The topological polar surface area (TPSA) is 54.2 Å². The average molecular weight is 271 g/mol. The molecule has 1 fully saturated rings. The van der Waals surface area contributed by atoms with Crippen molar-refractivity contribution in [3.8, 4) is 0 Å². The molecule has 0 spiro atoms. The van der Waals surface area contributed by atoms with E-state index in [1.165, 1.54) is 25.5 Å². The van der Waals surface area contributed by atoms with E-state index in [9.17, 15) is 10.1 Å². The van der Waals surface area contributed by atoms with Crippen LogP contribution in [0, 0.1) is 10.1 Å². The lowest BCUT2D eigenvalue weighted by Gasteiger charge is -2.25. The van der Waals surface area contributed by atoms with Crippen LogP contribution in [0.15, 0.2) is 36.7 Å². The van der Waals surface area contributed by atoms with E-state index in [0.29, 0.717) is 16.7 Å². The first-order valence-corrected chi connectivity index (χ1v) is 6.92. The van der Waals surface area contributed by atoms with E-state index in [1.54, 1.807) is 30.3 Å². The third-order valence-electron chi connectivity index (χ3n) is 3.67. The maximum absolute atomic E-state index is 12.2. The van der Waals surface area contributed by atoms with Crippen molar-refractivity contribution >= 4 is 17.1 Å². The Bertz CT molecular complexity index is 700. The minimum absolute atomic E-state index is 0.365. The largest absolute Gasteiger partial charge is 0.805 e. The molecule has 1 aromatic carbocycles. The van der Waals surface area contributed by atoms with Gasteiger partial charge in [-0.15, -0.1) is 0 Å². The van der Waals surface area contributed by atoms with Crippen LogP contribution in [0.1, 0.15) is 25.0 Å². The lowest BCUT2D eigenvalue weighted by atomic mass is 10.1. The molecule has 1 saturated heterocycles. The second-order valence-corrected chi connectivity index (χ2v) is 5.08. The number of fused-ring (bicyclic) bond motifs is 1. The highest BCUT2D eigenvalue weighted by atomic mass is 16.5. The maximum atomic E-state index is 12.2. The summed E-state index contributed by atoms with van der Waals surface area (Å²) >= 11 is 0. The Morgan fingerprint density at radius 1 is 1.15 bits per heavy atom. The summed E-state index contributed by atoms with van der Waals surface area (Å²) in [4.78, 5) is 14.1. The first kappa shape index (κ1) is 12.7. The standard InChI is InChI=1S/C15H17N3O2/c19-17-12-13(8-11-16-9-4-1-5-10-16)18(20)15-7-3-2-6-14(15)17/h2-3,6-8,11-12H,1,4-5,9-10H2/b11-8+. The molecule has 0 radical (unpaired) electrons. The Kier molecular flexibility index (Phi) is 3.41. The molecule has 0 unspecified atom stereocenters. The van der Waals surface area contributed by atoms with Crippen LogP contribution < -0.4 is 4.43 Å². The number of benzene rings is 1. The van der Waals surface area contributed by atoms with Crippen molar-refractivity contribution in [2.24, 2.45) is 0 Å². The summed E-state index contributed by atoms with van der Waals surface area (Å²) in [7, 11) is 0. The van der Waals surface area contributed by atoms with Crippen LogP contribution in [0.3, 0.4) is 0 Å². The third-order valence-corrected chi connectivity index (χ3v) is 3.67. The molecule has 0 atom stereocenters. The van der Waals surface area contributed by atoms with Gasteiger partial charge in [0.1, 0.15) is 11.2 Å². The summed E-state index contributed by atoms with van der Waals surface area (Å²) in [5.41, 5.74) is 1.14. The molecule has 0 bridgehead atoms. The molecule has 1 aliphatic rings. The number of rotatable bonds is 2. The zero-order valence-corrected chi connectivity index (χ0v) is 11.2. The molecule has 0 aliphatic carbocycles. The van der Waals surface area contributed by atoms with Crippen molar-refractivity contribution in [3.05, 3.63) is 52.5 Å². The van der Waals surface area contributed by atoms with Crippen LogP contribution in [0.2, 0.25) is 0 Å². The van der Waals surface area contributed by atoms with Crippen LogP contribution in [0.5, 0.6) is 0 Å². The fraction of sp³-hybridized carbons (Fsp3) is 0.333. The van der Waals surface area contributed by atoms with E-state index in [4.69, 9.17) is 0 Å². The van der Waals surface area contributed by atoms with Gasteiger partial charge in [-0.1, -0.05) is 12.1 Å². The second-order valence-electron chi connectivity index (χ2n) is 5.08. The van der Waals surface area contributed by atoms with Gasteiger partial charge in [0.05, 0.1) is 4.43 Å². The average Bonchev–Trinajstić information content (AvgIpc) is 2.50. The van der Waals surface area contributed by atoms with Gasteiger partial charge in [0.2, 0.25) is 0 Å². The Balaban J connectivity index is 1.97.